The van der Waals surface area contributed by atoms with E-state index in [1.807, 2.05) is 6.07 Å². The van der Waals surface area contributed by atoms with Gasteiger partial charge in [-0.3, -0.25) is 0 Å². The van der Waals surface area contributed by atoms with Crippen molar-refractivity contribution in [3.8, 4) is 5.75 Å². The second kappa shape index (κ2) is 5.52. The van der Waals surface area contributed by atoms with Crippen molar-refractivity contribution in [2.75, 3.05) is 11.9 Å². The minimum Gasteiger partial charge on any atom is -0.493 e. The molecule has 0 unspecified atom stereocenters. The summed E-state index contributed by atoms with van der Waals surface area (Å²) < 4.78 is 5.91. The van der Waals surface area contributed by atoms with Crippen molar-refractivity contribution in [2.45, 2.75) is 12.0 Å². The van der Waals surface area contributed by atoms with Crippen LogP contribution in [0.2, 0.25) is 0 Å². The molecule has 25 heavy (non-hydrogen) atoms. The minimum absolute atomic E-state index is 0.228. The third-order valence-electron chi connectivity index (χ3n) is 5.17. The van der Waals surface area contributed by atoms with E-state index in [-0.39, 0.29) is 5.54 Å². The van der Waals surface area contributed by atoms with Crippen LogP contribution in [0.4, 0.5) is 5.69 Å². The molecule has 2 heterocycles. The van der Waals surface area contributed by atoms with Crippen LogP contribution in [0.3, 0.4) is 0 Å². The van der Waals surface area contributed by atoms with Crippen LogP contribution in [0.5, 0.6) is 5.75 Å². The third-order valence-corrected chi connectivity index (χ3v) is 5.17. The number of rotatable bonds is 1. The van der Waals surface area contributed by atoms with E-state index in [2.05, 4.69) is 84.2 Å². The van der Waals surface area contributed by atoms with Crippen molar-refractivity contribution < 1.29 is 4.74 Å². The van der Waals surface area contributed by atoms with E-state index in [1.54, 1.807) is 0 Å². The average molecular weight is 325 g/mol. The molecule has 2 nitrogen and oxygen atoms in total. The fourth-order valence-electron chi connectivity index (χ4n) is 3.98. The maximum Gasteiger partial charge on any atom is 0.125 e. The van der Waals surface area contributed by atoms with Gasteiger partial charge in [0.2, 0.25) is 0 Å². The Balaban J connectivity index is 1.77. The standard InChI is InChI=1S/C23H19NO/c1-2-8-17(9-3-1)19-16-23(24-21-12-6-4-10-18(19)21)14-15-25-22-13-7-5-11-20(22)23/h1-13,16,24H,14-15H2/t23-/m1/s1. The average Bonchev–Trinajstić information content (AvgIpc) is 2.68. The lowest BCUT2D eigenvalue weighted by Crippen LogP contribution is -2.40. The van der Waals surface area contributed by atoms with Gasteiger partial charge in [0.15, 0.2) is 0 Å². The lowest BCUT2D eigenvalue weighted by molar-refractivity contribution is 0.250. The predicted octanol–water partition coefficient (Wildman–Crippen LogP) is 5.22. The number of nitrogens with one attached hydrogen (secondary N) is 1. The summed E-state index contributed by atoms with van der Waals surface area (Å²) >= 11 is 0. The summed E-state index contributed by atoms with van der Waals surface area (Å²) in [6, 6.07) is 27.6. The molecule has 1 atom stereocenters. The van der Waals surface area contributed by atoms with Crippen LogP contribution in [0.1, 0.15) is 23.1 Å². The highest BCUT2D eigenvalue weighted by Crippen LogP contribution is 2.47. The molecule has 0 aromatic heterocycles. The summed E-state index contributed by atoms with van der Waals surface area (Å²) in [4.78, 5) is 0. The fraction of sp³-hybridized carbons (Fsp3) is 0.130. The molecule has 2 aliphatic rings. The monoisotopic (exact) mass is 325 g/mol. The van der Waals surface area contributed by atoms with Gasteiger partial charge in [-0.15, -0.1) is 0 Å². The van der Waals surface area contributed by atoms with E-state index < -0.39 is 0 Å². The van der Waals surface area contributed by atoms with Crippen LogP contribution in [-0.4, -0.2) is 6.61 Å². The Morgan fingerprint density at radius 3 is 2.48 bits per heavy atom. The first-order valence-electron chi connectivity index (χ1n) is 8.74. The lowest BCUT2D eigenvalue weighted by Gasteiger charge is -2.42. The number of para-hydroxylation sites is 2. The van der Waals surface area contributed by atoms with Crippen molar-refractivity contribution in [3.05, 3.63) is 102 Å². The molecule has 3 aromatic rings. The molecular weight excluding hydrogens is 306 g/mol. The molecule has 3 aromatic carbocycles. The zero-order chi connectivity index (χ0) is 16.7. The fourth-order valence-corrected chi connectivity index (χ4v) is 3.98. The molecule has 0 aliphatic carbocycles. The Bertz CT molecular complexity index is 961. The van der Waals surface area contributed by atoms with Crippen molar-refractivity contribution in [1.82, 2.24) is 0 Å². The lowest BCUT2D eigenvalue weighted by atomic mass is 9.77. The summed E-state index contributed by atoms with van der Waals surface area (Å²) in [5.74, 6) is 0.976. The second-order valence-electron chi connectivity index (χ2n) is 6.66. The van der Waals surface area contributed by atoms with Crippen LogP contribution in [-0.2, 0) is 5.54 Å². The topological polar surface area (TPSA) is 21.3 Å². The molecular formula is C23H19NO. The zero-order valence-electron chi connectivity index (χ0n) is 13.9. The smallest absolute Gasteiger partial charge is 0.125 e. The number of hydrogen-bond donors (Lipinski definition) is 1. The van der Waals surface area contributed by atoms with Gasteiger partial charge in [-0.2, -0.15) is 0 Å². The largest absolute Gasteiger partial charge is 0.493 e. The van der Waals surface area contributed by atoms with Crippen molar-refractivity contribution in [1.29, 1.82) is 0 Å². The molecule has 2 aliphatic heterocycles. The van der Waals surface area contributed by atoms with Gasteiger partial charge in [-0.1, -0.05) is 66.7 Å². The van der Waals surface area contributed by atoms with Crippen molar-refractivity contribution in [2.24, 2.45) is 0 Å². The Labute approximate surface area is 147 Å². The molecule has 1 spiro atoms. The van der Waals surface area contributed by atoms with Gasteiger partial charge >= 0.3 is 0 Å². The van der Waals surface area contributed by atoms with Crippen LogP contribution in [0.25, 0.3) is 5.57 Å². The van der Waals surface area contributed by atoms with Gasteiger partial charge in [0, 0.05) is 23.2 Å². The van der Waals surface area contributed by atoms with E-state index in [9.17, 15) is 0 Å². The molecule has 5 rings (SSSR count). The molecule has 0 saturated carbocycles. The van der Waals surface area contributed by atoms with Gasteiger partial charge in [-0.05, 0) is 29.3 Å². The second-order valence-corrected chi connectivity index (χ2v) is 6.66. The van der Waals surface area contributed by atoms with Crippen LogP contribution in [0.15, 0.2) is 84.9 Å². The van der Waals surface area contributed by atoms with Crippen LogP contribution in [0, 0.1) is 0 Å². The summed E-state index contributed by atoms with van der Waals surface area (Å²) in [5, 5.41) is 3.81. The first-order valence-corrected chi connectivity index (χ1v) is 8.74. The van der Waals surface area contributed by atoms with Crippen molar-refractivity contribution in [3.63, 3.8) is 0 Å². The van der Waals surface area contributed by atoms with E-state index >= 15 is 0 Å². The highest BCUT2D eigenvalue weighted by molar-refractivity contribution is 5.90. The number of benzene rings is 3. The van der Waals surface area contributed by atoms with Crippen LogP contribution < -0.4 is 10.1 Å². The maximum atomic E-state index is 5.91. The van der Waals surface area contributed by atoms with Gasteiger partial charge in [0.05, 0.1) is 12.1 Å². The normalized spacial score (nSPS) is 20.7. The first kappa shape index (κ1) is 14.4. The summed E-state index contributed by atoms with van der Waals surface area (Å²) in [6.07, 6.45) is 3.31. The molecule has 2 heteroatoms. The van der Waals surface area contributed by atoms with Crippen molar-refractivity contribution >= 4 is 11.3 Å². The molecule has 0 radical (unpaired) electrons. The summed E-state index contributed by atoms with van der Waals surface area (Å²) in [7, 11) is 0. The molecule has 0 saturated heterocycles. The molecule has 0 amide bonds. The number of ether oxygens (including phenoxy) is 1. The molecule has 1 N–H and O–H groups in total. The van der Waals surface area contributed by atoms with Gasteiger partial charge in [0.25, 0.3) is 0 Å². The van der Waals surface area contributed by atoms with E-state index in [4.69, 9.17) is 4.74 Å². The van der Waals surface area contributed by atoms with E-state index in [0.717, 1.165) is 12.2 Å². The van der Waals surface area contributed by atoms with Crippen LogP contribution >= 0.6 is 0 Å². The predicted molar refractivity (Wildman–Crippen MR) is 102 cm³/mol. The molecule has 0 fully saturated rings. The highest BCUT2D eigenvalue weighted by atomic mass is 16.5. The van der Waals surface area contributed by atoms with Gasteiger partial charge in [0.1, 0.15) is 5.75 Å². The third kappa shape index (κ3) is 2.25. The number of hydrogen-bond acceptors (Lipinski definition) is 2. The first-order chi connectivity index (χ1) is 12.4. The van der Waals surface area contributed by atoms with E-state index in [0.29, 0.717) is 6.61 Å². The highest BCUT2D eigenvalue weighted by Gasteiger charge is 2.39. The molecule has 0 bridgehead atoms. The molecule has 122 valence electrons. The minimum atomic E-state index is -0.228. The quantitative estimate of drug-likeness (QED) is 0.662. The zero-order valence-corrected chi connectivity index (χ0v) is 13.9. The van der Waals surface area contributed by atoms with Gasteiger partial charge < -0.3 is 10.1 Å². The Hall–Kier alpha value is -3.00. The number of fused-ring (bicyclic) bond motifs is 3. The maximum absolute atomic E-state index is 5.91. The SMILES string of the molecule is C1=C(c2ccccc2)c2ccccc2N[C@]12CCOc1ccccc12. The Morgan fingerprint density at radius 2 is 1.56 bits per heavy atom. The van der Waals surface area contributed by atoms with E-state index in [1.165, 1.54) is 28.0 Å². The Kier molecular flexibility index (Phi) is 3.17. The number of anilines is 1. The summed E-state index contributed by atoms with van der Waals surface area (Å²) in [5.41, 5.74) is 5.95. The summed E-state index contributed by atoms with van der Waals surface area (Å²) in [6.45, 7) is 0.713. The van der Waals surface area contributed by atoms with Gasteiger partial charge in [-0.25, -0.2) is 0 Å². The Morgan fingerprint density at radius 1 is 0.800 bits per heavy atom.